The van der Waals surface area contributed by atoms with Crippen LogP contribution < -0.4 is 0 Å². The highest BCUT2D eigenvalue weighted by Crippen LogP contribution is 2.48. The normalized spacial score (nSPS) is 17.2. The number of hydrogen-bond donors (Lipinski definition) is 0. The topological polar surface area (TPSA) is 0 Å². The van der Waals surface area contributed by atoms with E-state index >= 15 is 0 Å². The van der Waals surface area contributed by atoms with E-state index in [0.717, 1.165) is 11.6 Å². The largest absolute Gasteiger partial charge is 0.298 e. The quantitative estimate of drug-likeness (QED) is 0.349. The van der Waals surface area contributed by atoms with Crippen molar-refractivity contribution in [3.05, 3.63) is 11.6 Å². The molecule has 2 atom stereocenters. The molecule has 2 unspecified atom stereocenters. The van der Waals surface area contributed by atoms with Crippen LogP contribution in [0.1, 0.15) is 6.42 Å². The molecule has 0 saturated carbocycles. The summed E-state index contributed by atoms with van der Waals surface area (Å²) in [6.07, 6.45) is -2.14. The van der Waals surface area contributed by atoms with Gasteiger partial charge in [0, 0.05) is 23.2 Å². The van der Waals surface area contributed by atoms with E-state index in [1.54, 1.807) is 0 Å². The molecule has 0 rings (SSSR count). The lowest BCUT2D eigenvalue weighted by molar-refractivity contribution is -0.107. The van der Waals surface area contributed by atoms with Crippen molar-refractivity contribution < 1.29 is 13.2 Å². The highest BCUT2D eigenvalue weighted by Gasteiger charge is 2.60. The number of rotatable bonds is 9. The van der Waals surface area contributed by atoms with Crippen LogP contribution in [0, 0.1) is 5.41 Å². The van der Waals surface area contributed by atoms with Crippen molar-refractivity contribution in [1.29, 1.82) is 0 Å². The minimum absolute atomic E-state index is 0.124. The first-order valence-corrected chi connectivity index (χ1v) is 8.78. The van der Waals surface area contributed by atoms with Gasteiger partial charge in [-0.2, -0.15) is 0 Å². The van der Waals surface area contributed by atoms with Crippen LogP contribution in [0.5, 0.6) is 0 Å². The lowest BCUT2D eigenvalue weighted by atomic mass is 9.82. The fourth-order valence-corrected chi connectivity index (χ4v) is 3.69. The smallest absolute Gasteiger partial charge is 0.240 e. The van der Waals surface area contributed by atoms with Crippen LogP contribution in [0.25, 0.3) is 0 Å². The van der Waals surface area contributed by atoms with Crippen LogP contribution in [0.3, 0.4) is 0 Å². The molecule has 0 aliphatic carbocycles. The maximum absolute atomic E-state index is 14.4. The molecule has 0 aromatic heterocycles. The molecule has 0 aliphatic heterocycles. The molecule has 0 aromatic rings. The van der Waals surface area contributed by atoms with Crippen molar-refractivity contribution in [2.45, 2.75) is 28.2 Å². The lowest BCUT2D eigenvalue weighted by Crippen LogP contribution is -2.55. The van der Waals surface area contributed by atoms with Gasteiger partial charge in [-0.25, -0.2) is 13.2 Å². The van der Waals surface area contributed by atoms with E-state index in [0.29, 0.717) is 0 Å². The molecule has 0 N–H and O–H groups in total. The van der Waals surface area contributed by atoms with Gasteiger partial charge < -0.3 is 0 Å². The van der Waals surface area contributed by atoms with Gasteiger partial charge in [0.1, 0.15) is 9.71 Å². The Labute approximate surface area is 156 Å². The van der Waals surface area contributed by atoms with Crippen LogP contribution in [-0.2, 0) is 0 Å². The van der Waals surface area contributed by atoms with E-state index in [9.17, 15) is 13.2 Å². The molecule has 0 radical (unpaired) electrons. The summed E-state index contributed by atoms with van der Waals surface area (Å²) in [4.78, 5) is 0. The summed E-state index contributed by atoms with van der Waals surface area (Å²) in [5.74, 6) is -5.31. The third-order valence-corrected chi connectivity index (χ3v) is 5.88. The fraction of sp³-hybridized carbons (Fsp3) is 0.818. The molecule has 0 bridgehead atoms. The maximum Gasteiger partial charge on any atom is 0.298 e. The van der Waals surface area contributed by atoms with E-state index in [1.807, 2.05) is 0 Å². The summed E-state index contributed by atoms with van der Waals surface area (Å²) in [5.41, 5.74) is -1.05. The molecule has 0 aliphatic rings. The van der Waals surface area contributed by atoms with Gasteiger partial charge in [0.05, 0.1) is 5.41 Å². The molecule has 0 saturated heterocycles. The molecule has 10 heteroatoms. The maximum atomic E-state index is 14.4. The monoisotopic (exact) mass is 446 g/mol. The lowest BCUT2D eigenvalue weighted by Gasteiger charge is -2.39. The van der Waals surface area contributed by atoms with Crippen LogP contribution in [0.15, 0.2) is 11.6 Å². The van der Waals surface area contributed by atoms with Gasteiger partial charge in [0.15, 0.2) is 6.17 Å². The van der Waals surface area contributed by atoms with E-state index in [4.69, 9.17) is 81.2 Å². The van der Waals surface area contributed by atoms with Crippen molar-refractivity contribution >= 4 is 81.2 Å². The Kier molecular flexibility index (Phi) is 9.83. The number of alkyl halides is 9. The van der Waals surface area contributed by atoms with Crippen molar-refractivity contribution in [3.63, 3.8) is 0 Å². The first kappa shape index (κ1) is 22.6. The van der Waals surface area contributed by atoms with Crippen LogP contribution in [0.4, 0.5) is 13.2 Å². The Balaban J connectivity index is 5.56. The second-order valence-corrected chi connectivity index (χ2v) is 7.54. The van der Waals surface area contributed by atoms with Gasteiger partial charge >= 0.3 is 0 Å². The molecule has 0 heterocycles. The van der Waals surface area contributed by atoms with E-state index < -0.39 is 39.0 Å². The minimum Gasteiger partial charge on any atom is -0.240 e. The first-order valence-electron chi connectivity index (χ1n) is 5.55. The molecule has 0 spiro atoms. The predicted molar refractivity (Wildman–Crippen MR) is 88.1 cm³/mol. The van der Waals surface area contributed by atoms with Gasteiger partial charge in [0.25, 0.3) is 5.92 Å². The summed E-state index contributed by atoms with van der Waals surface area (Å²) < 4.78 is 40.9. The van der Waals surface area contributed by atoms with Crippen molar-refractivity contribution in [2.75, 3.05) is 17.6 Å². The van der Waals surface area contributed by atoms with Crippen LogP contribution in [0.2, 0.25) is 0 Å². The second kappa shape index (κ2) is 9.15. The van der Waals surface area contributed by atoms with E-state index in [2.05, 4.69) is 0 Å². The molecule has 0 fully saturated rings. The number of hydrogen-bond acceptors (Lipinski definition) is 0. The molecule has 126 valence electrons. The molecule has 0 aromatic carbocycles. The summed E-state index contributed by atoms with van der Waals surface area (Å²) >= 11 is 39.0. The zero-order chi connectivity index (χ0) is 16.9. The van der Waals surface area contributed by atoms with Gasteiger partial charge in [0.2, 0.25) is 0 Å². The van der Waals surface area contributed by atoms with Gasteiger partial charge in [-0.1, -0.05) is 40.9 Å². The predicted octanol–water partition coefficient (Wildman–Crippen LogP) is 6.59. The average Bonchev–Trinajstić information content (AvgIpc) is 2.43. The third kappa shape index (κ3) is 5.27. The Morgan fingerprint density at radius 1 is 1.05 bits per heavy atom. The Hall–Kier alpha value is 1.56. The summed E-state index contributed by atoms with van der Waals surface area (Å²) in [7, 11) is 0. The minimum atomic E-state index is -4.11. The first-order chi connectivity index (χ1) is 9.55. The summed E-state index contributed by atoms with van der Waals surface area (Å²) in [5, 5.41) is -2.24. The zero-order valence-corrected chi connectivity index (χ0v) is 15.7. The fourth-order valence-electron chi connectivity index (χ4n) is 1.52. The molecule has 0 amide bonds. The molecular formula is C11H12Cl7F3. The highest BCUT2D eigenvalue weighted by atomic mass is 35.5. The summed E-state index contributed by atoms with van der Waals surface area (Å²) in [6, 6.07) is 0. The SMILES string of the molecule is FC(C(C=CCl)(CCl)CCl)C(F)(F)C(Cl)C(Cl)(Cl)CCCl. The average molecular weight is 449 g/mol. The van der Waals surface area contributed by atoms with E-state index in [1.165, 1.54) is 0 Å². The number of halogens is 10. The van der Waals surface area contributed by atoms with Crippen LogP contribution >= 0.6 is 81.2 Å². The van der Waals surface area contributed by atoms with Crippen molar-refractivity contribution in [1.82, 2.24) is 0 Å². The molecule has 21 heavy (non-hydrogen) atoms. The Bertz CT molecular complexity index is 345. The van der Waals surface area contributed by atoms with Gasteiger partial charge in [-0.05, 0) is 6.42 Å². The van der Waals surface area contributed by atoms with Crippen molar-refractivity contribution in [2.24, 2.45) is 5.41 Å². The second-order valence-electron chi connectivity index (χ2n) is 4.39. The Morgan fingerprint density at radius 2 is 1.52 bits per heavy atom. The number of allylic oxidation sites excluding steroid dienone is 1. The standard InChI is InChI=1S/C11H12Cl7F3/c12-3-1-9(5-14,6-15)8(19)11(20,21)7(16)10(17,18)2-4-13/h1,3,7-8H,2,4-6H2. The summed E-state index contributed by atoms with van der Waals surface area (Å²) in [6.45, 7) is 0. The van der Waals surface area contributed by atoms with Crippen molar-refractivity contribution in [3.8, 4) is 0 Å². The van der Waals surface area contributed by atoms with Crippen LogP contribution in [-0.4, -0.2) is 39.4 Å². The van der Waals surface area contributed by atoms with Gasteiger partial charge in [-0.15, -0.1) is 46.4 Å². The Morgan fingerprint density at radius 3 is 1.86 bits per heavy atom. The zero-order valence-electron chi connectivity index (χ0n) is 10.4. The third-order valence-electron chi connectivity index (χ3n) is 2.87. The van der Waals surface area contributed by atoms with E-state index in [-0.39, 0.29) is 12.3 Å². The van der Waals surface area contributed by atoms with Gasteiger partial charge in [-0.3, -0.25) is 0 Å². The molecular weight excluding hydrogens is 437 g/mol. The molecule has 0 nitrogen and oxygen atoms in total. The highest BCUT2D eigenvalue weighted by molar-refractivity contribution is 6.52.